The minimum absolute atomic E-state index is 0.144. The topological polar surface area (TPSA) is 52.9 Å². The van der Waals surface area contributed by atoms with E-state index in [2.05, 4.69) is 4.99 Å². The third-order valence-electron chi connectivity index (χ3n) is 2.52. The Labute approximate surface area is 93.5 Å². The number of carbonyl (C=O) groups is 1. The first kappa shape index (κ1) is 10.4. The fourth-order valence-corrected chi connectivity index (χ4v) is 1.47. The Kier molecular flexibility index (Phi) is 2.48. The monoisotopic (exact) mass is 216 g/mol. The molecule has 1 heterocycles. The van der Waals surface area contributed by atoms with Crippen LogP contribution < -0.4 is 0 Å². The number of likely N-dealkylation sites (N-methyl/N-ethyl adjacent to an activating group) is 1. The van der Waals surface area contributed by atoms with E-state index in [0.29, 0.717) is 17.1 Å². The minimum Gasteiger partial charge on any atom is -0.507 e. The highest BCUT2D eigenvalue weighted by atomic mass is 16.3. The Morgan fingerprint density at radius 3 is 2.62 bits per heavy atom. The number of phenols is 1. The van der Waals surface area contributed by atoms with Gasteiger partial charge in [-0.2, -0.15) is 0 Å². The Morgan fingerprint density at radius 1 is 1.38 bits per heavy atom. The van der Waals surface area contributed by atoms with Crippen molar-refractivity contribution in [2.24, 2.45) is 4.99 Å². The number of para-hydroxylation sites is 1. The standard InChI is InChI=1S/C12H12N2O2/c1-8-13-10(12(16)14(8)2)7-9-5-3-4-6-11(9)15/h3-7,15H,1-2H3/b10-7-. The third kappa shape index (κ3) is 1.69. The van der Waals surface area contributed by atoms with Gasteiger partial charge in [0.05, 0.1) is 0 Å². The van der Waals surface area contributed by atoms with E-state index < -0.39 is 0 Å². The van der Waals surface area contributed by atoms with Gasteiger partial charge in [0, 0.05) is 12.6 Å². The summed E-state index contributed by atoms with van der Waals surface area (Å²) >= 11 is 0. The zero-order valence-corrected chi connectivity index (χ0v) is 9.14. The van der Waals surface area contributed by atoms with Crippen molar-refractivity contribution in [3.63, 3.8) is 0 Å². The van der Waals surface area contributed by atoms with Crippen molar-refractivity contribution in [3.05, 3.63) is 35.5 Å². The Hall–Kier alpha value is -2.10. The molecule has 0 spiro atoms. The van der Waals surface area contributed by atoms with Crippen molar-refractivity contribution in [1.82, 2.24) is 4.90 Å². The molecule has 0 bridgehead atoms. The van der Waals surface area contributed by atoms with E-state index in [9.17, 15) is 9.90 Å². The lowest BCUT2D eigenvalue weighted by Gasteiger charge is -2.06. The van der Waals surface area contributed by atoms with Gasteiger partial charge in [0.1, 0.15) is 17.3 Å². The van der Waals surface area contributed by atoms with Gasteiger partial charge in [0.25, 0.3) is 5.91 Å². The molecule has 0 fully saturated rings. The first-order chi connectivity index (χ1) is 7.59. The summed E-state index contributed by atoms with van der Waals surface area (Å²) < 4.78 is 0. The zero-order chi connectivity index (χ0) is 11.7. The van der Waals surface area contributed by atoms with Crippen LogP contribution in [0.2, 0.25) is 0 Å². The second-order valence-corrected chi connectivity index (χ2v) is 3.61. The molecule has 2 rings (SSSR count). The highest BCUT2D eigenvalue weighted by Crippen LogP contribution is 2.22. The van der Waals surface area contributed by atoms with Crippen molar-refractivity contribution >= 4 is 17.8 Å². The van der Waals surface area contributed by atoms with Crippen LogP contribution in [0.25, 0.3) is 6.08 Å². The lowest BCUT2D eigenvalue weighted by atomic mass is 10.1. The highest BCUT2D eigenvalue weighted by molar-refractivity contribution is 6.13. The van der Waals surface area contributed by atoms with Gasteiger partial charge in [0.15, 0.2) is 0 Å². The molecule has 0 unspecified atom stereocenters. The molecule has 0 radical (unpaired) electrons. The average Bonchev–Trinajstić information content (AvgIpc) is 2.50. The maximum atomic E-state index is 11.7. The van der Waals surface area contributed by atoms with E-state index in [4.69, 9.17) is 0 Å². The fourth-order valence-electron chi connectivity index (χ4n) is 1.47. The Balaban J connectivity index is 2.41. The third-order valence-corrected chi connectivity index (χ3v) is 2.52. The molecule has 4 nitrogen and oxygen atoms in total. The molecular weight excluding hydrogens is 204 g/mol. The maximum Gasteiger partial charge on any atom is 0.277 e. The van der Waals surface area contributed by atoms with Crippen LogP contribution in [0.4, 0.5) is 0 Å². The largest absolute Gasteiger partial charge is 0.507 e. The molecule has 0 saturated carbocycles. The van der Waals surface area contributed by atoms with Crippen LogP contribution in [-0.4, -0.2) is 28.8 Å². The fraction of sp³-hybridized carbons (Fsp3) is 0.167. The van der Waals surface area contributed by atoms with E-state index >= 15 is 0 Å². The number of rotatable bonds is 1. The van der Waals surface area contributed by atoms with Gasteiger partial charge in [0.2, 0.25) is 0 Å². The van der Waals surface area contributed by atoms with Crippen LogP contribution in [-0.2, 0) is 4.79 Å². The summed E-state index contributed by atoms with van der Waals surface area (Å²) in [7, 11) is 1.67. The van der Waals surface area contributed by atoms with E-state index in [0.717, 1.165) is 0 Å². The van der Waals surface area contributed by atoms with Crippen LogP contribution in [0.5, 0.6) is 5.75 Å². The molecular formula is C12H12N2O2. The van der Waals surface area contributed by atoms with Crippen LogP contribution in [0.1, 0.15) is 12.5 Å². The second kappa shape index (κ2) is 3.81. The van der Waals surface area contributed by atoms with Gasteiger partial charge in [-0.25, -0.2) is 4.99 Å². The molecule has 0 atom stereocenters. The number of aromatic hydroxyl groups is 1. The van der Waals surface area contributed by atoms with Crippen LogP contribution in [0.15, 0.2) is 35.0 Å². The lowest BCUT2D eigenvalue weighted by molar-refractivity contribution is -0.121. The van der Waals surface area contributed by atoms with Crippen molar-refractivity contribution in [1.29, 1.82) is 0 Å². The second-order valence-electron chi connectivity index (χ2n) is 3.61. The summed E-state index contributed by atoms with van der Waals surface area (Å²) in [6.07, 6.45) is 1.59. The molecule has 1 aromatic carbocycles. The number of hydrogen-bond acceptors (Lipinski definition) is 3. The average molecular weight is 216 g/mol. The summed E-state index contributed by atoms with van der Waals surface area (Å²) in [5, 5.41) is 9.57. The normalized spacial score (nSPS) is 18.1. The predicted molar refractivity (Wildman–Crippen MR) is 62.0 cm³/mol. The number of amides is 1. The number of aliphatic imine (C=N–C) groups is 1. The Bertz CT molecular complexity index is 503. The van der Waals surface area contributed by atoms with E-state index in [1.54, 1.807) is 44.3 Å². The molecule has 1 aliphatic rings. The van der Waals surface area contributed by atoms with Crippen molar-refractivity contribution in [2.75, 3.05) is 7.05 Å². The smallest absolute Gasteiger partial charge is 0.277 e. The van der Waals surface area contributed by atoms with Gasteiger partial charge in [-0.3, -0.25) is 9.69 Å². The lowest BCUT2D eigenvalue weighted by Crippen LogP contribution is -2.25. The maximum absolute atomic E-state index is 11.7. The number of phenolic OH excluding ortho intramolecular Hbond substituents is 1. The van der Waals surface area contributed by atoms with Crippen molar-refractivity contribution in [3.8, 4) is 5.75 Å². The van der Waals surface area contributed by atoms with E-state index in [1.807, 2.05) is 0 Å². The van der Waals surface area contributed by atoms with Crippen LogP contribution in [0.3, 0.4) is 0 Å². The minimum atomic E-state index is -0.152. The highest BCUT2D eigenvalue weighted by Gasteiger charge is 2.23. The van der Waals surface area contributed by atoms with Gasteiger partial charge in [-0.1, -0.05) is 18.2 Å². The van der Waals surface area contributed by atoms with Gasteiger partial charge < -0.3 is 5.11 Å². The van der Waals surface area contributed by atoms with Gasteiger partial charge in [-0.05, 0) is 19.1 Å². The molecule has 1 amide bonds. The molecule has 1 aliphatic heterocycles. The number of nitrogens with zero attached hydrogens (tertiary/aromatic N) is 2. The van der Waals surface area contributed by atoms with E-state index in [1.165, 1.54) is 4.90 Å². The van der Waals surface area contributed by atoms with Gasteiger partial charge >= 0.3 is 0 Å². The first-order valence-electron chi connectivity index (χ1n) is 4.92. The summed E-state index contributed by atoms with van der Waals surface area (Å²) in [6, 6.07) is 6.84. The predicted octanol–water partition coefficient (Wildman–Crippen LogP) is 1.62. The SMILES string of the molecule is CC1=N/C(=C\c2ccccc2O)C(=O)N1C. The quantitative estimate of drug-likeness (QED) is 0.725. The Morgan fingerprint density at radius 2 is 2.06 bits per heavy atom. The molecule has 1 aromatic rings. The molecule has 1 N–H and O–H groups in total. The molecule has 0 aromatic heterocycles. The number of benzene rings is 1. The summed E-state index contributed by atoms with van der Waals surface area (Å²) in [5.74, 6) is 0.651. The van der Waals surface area contributed by atoms with Crippen LogP contribution >= 0.6 is 0 Å². The number of carbonyl (C=O) groups excluding carboxylic acids is 1. The first-order valence-corrected chi connectivity index (χ1v) is 4.92. The number of hydrogen-bond donors (Lipinski definition) is 1. The van der Waals surface area contributed by atoms with Crippen LogP contribution in [0, 0.1) is 0 Å². The molecule has 0 saturated heterocycles. The molecule has 16 heavy (non-hydrogen) atoms. The number of amidine groups is 1. The van der Waals surface area contributed by atoms with E-state index in [-0.39, 0.29) is 11.7 Å². The molecule has 82 valence electrons. The van der Waals surface area contributed by atoms with Gasteiger partial charge in [-0.15, -0.1) is 0 Å². The zero-order valence-electron chi connectivity index (χ0n) is 9.14. The molecule has 4 heteroatoms. The molecule has 0 aliphatic carbocycles. The summed E-state index contributed by atoms with van der Waals surface area (Å²) in [6.45, 7) is 1.77. The van der Waals surface area contributed by atoms with Crippen molar-refractivity contribution in [2.45, 2.75) is 6.92 Å². The summed E-state index contributed by atoms with van der Waals surface area (Å²) in [5.41, 5.74) is 0.944. The van der Waals surface area contributed by atoms with Crippen molar-refractivity contribution < 1.29 is 9.90 Å². The summed E-state index contributed by atoms with van der Waals surface area (Å²) in [4.78, 5) is 17.3.